The smallest absolute Gasteiger partial charge is 0.150 e. The molecule has 1 aromatic heterocycles. The minimum absolute atomic E-state index is 0.125. The maximum absolute atomic E-state index is 11.7. The molecule has 19 heavy (non-hydrogen) atoms. The molecule has 0 saturated carbocycles. The van der Waals surface area contributed by atoms with Crippen molar-refractivity contribution < 1.29 is 8.42 Å². The van der Waals surface area contributed by atoms with E-state index in [0.717, 1.165) is 31.6 Å². The van der Waals surface area contributed by atoms with E-state index in [1.807, 2.05) is 6.92 Å². The summed E-state index contributed by atoms with van der Waals surface area (Å²) < 4.78 is 23.4. The highest BCUT2D eigenvalue weighted by Gasteiger charge is 2.48. The number of aryl methyl sites for hydroxylation is 2. The molecule has 6 heteroatoms. The largest absolute Gasteiger partial charge is 0.315 e. The fourth-order valence-corrected chi connectivity index (χ4v) is 6.23. The molecule has 4 nitrogen and oxygen atoms in total. The molecule has 1 atom stereocenters. The van der Waals surface area contributed by atoms with Crippen LogP contribution >= 0.6 is 11.3 Å². The average Bonchev–Trinajstić information content (AvgIpc) is 2.77. The molecule has 0 amide bonds. The van der Waals surface area contributed by atoms with E-state index < -0.39 is 9.84 Å². The molecule has 2 aliphatic heterocycles. The average molecular weight is 300 g/mol. The van der Waals surface area contributed by atoms with Crippen LogP contribution in [0.3, 0.4) is 0 Å². The van der Waals surface area contributed by atoms with Crippen molar-refractivity contribution in [3.05, 3.63) is 15.6 Å². The summed E-state index contributed by atoms with van der Waals surface area (Å²) in [7, 11) is -2.79. The Bertz CT molecular complexity index is 568. The Kier molecular flexibility index (Phi) is 3.22. The Morgan fingerprint density at radius 2 is 2.16 bits per heavy atom. The van der Waals surface area contributed by atoms with Gasteiger partial charge in [0.15, 0.2) is 9.84 Å². The Hall–Kier alpha value is -0.460. The molecule has 0 aromatic carbocycles. The summed E-state index contributed by atoms with van der Waals surface area (Å²) in [6, 6.07) is 0. The van der Waals surface area contributed by atoms with Gasteiger partial charge in [-0.3, -0.25) is 0 Å². The van der Waals surface area contributed by atoms with Crippen molar-refractivity contribution in [2.45, 2.75) is 26.7 Å². The molecular formula is C13H20N2O2S2. The van der Waals surface area contributed by atoms with Gasteiger partial charge in [-0.2, -0.15) is 0 Å². The van der Waals surface area contributed by atoms with Crippen LogP contribution in [0.4, 0.5) is 0 Å². The number of nitrogens with zero attached hydrogens (tertiary/aromatic N) is 1. The highest BCUT2D eigenvalue weighted by Crippen LogP contribution is 2.42. The summed E-state index contributed by atoms with van der Waals surface area (Å²) in [6.07, 6.45) is 1.76. The Morgan fingerprint density at radius 1 is 1.42 bits per heavy atom. The van der Waals surface area contributed by atoms with E-state index in [-0.39, 0.29) is 5.41 Å². The minimum atomic E-state index is -2.79. The molecule has 0 bridgehead atoms. The summed E-state index contributed by atoms with van der Waals surface area (Å²) in [6.45, 7) is 6.01. The van der Waals surface area contributed by atoms with Gasteiger partial charge in [-0.15, -0.1) is 11.3 Å². The molecule has 106 valence electrons. The standard InChI is InChI=1S/C13H20N2O2S2/c1-9-10(2)18-12(15-9)5-13(7-14-8-13)11-3-4-19(16,17)6-11/h11,14H,3-8H2,1-2H3. The van der Waals surface area contributed by atoms with Gasteiger partial charge in [-0.1, -0.05) is 0 Å². The third-order valence-electron chi connectivity index (χ3n) is 4.63. The Balaban J connectivity index is 1.80. The predicted molar refractivity (Wildman–Crippen MR) is 77.4 cm³/mol. The summed E-state index contributed by atoms with van der Waals surface area (Å²) in [5, 5.41) is 4.50. The second-order valence-electron chi connectivity index (χ2n) is 5.99. The van der Waals surface area contributed by atoms with Gasteiger partial charge >= 0.3 is 0 Å². The summed E-state index contributed by atoms with van der Waals surface area (Å²) in [5.74, 6) is 1.05. The molecule has 1 N–H and O–H groups in total. The van der Waals surface area contributed by atoms with Crippen LogP contribution in [0.2, 0.25) is 0 Å². The molecule has 0 radical (unpaired) electrons. The lowest BCUT2D eigenvalue weighted by atomic mass is 9.68. The molecule has 1 aromatic rings. The Morgan fingerprint density at radius 3 is 2.58 bits per heavy atom. The number of hydrogen-bond donors (Lipinski definition) is 1. The third kappa shape index (κ3) is 2.45. The number of aromatic nitrogens is 1. The van der Waals surface area contributed by atoms with E-state index in [2.05, 4.69) is 17.2 Å². The lowest BCUT2D eigenvalue weighted by molar-refractivity contribution is 0.0923. The zero-order chi connectivity index (χ0) is 13.7. The van der Waals surface area contributed by atoms with Crippen LogP contribution in [0.25, 0.3) is 0 Å². The first kappa shape index (κ1) is 13.5. The quantitative estimate of drug-likeness (QED) is 0.915. The topological polar surface area (TPSA) is 59.1 Å². The van der Waals surface area contributed by atoms with E-state index in [4.69, 9.17) is 0 Å². The number of rotatable bonds is 3. The van der Waals surface area contributed by atoms with Crippen molar-refractivity contribution in [2.24, 2.45) is 11.3 Å². The van der Waals surface area contributed by atoms with Crippen LogP contribution in [0.1, 0.15) is 22.0 Å². The van der Waals surface area contributed by atoms with Crippen LogP contribution < -0.4 is 5.32 Å². The van der Waals surface area contributed by atoms with Crippen molar-refractivity contribution in [2.75, 3.05) is 24.6 Å². The van der Waals surface area contributed by atoms with Gasteiger partial charge in [0.25, 0.3) is 0 Å². The Labute approximate surface area is 118 Å². The van der Waals surface area contributed by atoms with Gasteiger partial charge in [0.2, 0.25) is 0 Å². The SMILES string of the molecule is Cc1nc(CC2(C3CCS(=O)(=O)C3)CNC2)sc1C. The van der Waals surface area contributed by atoms with Crippen molar-refractivity contribution in [1.82, 2.24) is 10.3 Å². The molecular weight excluding hydrogens is 280 g/mol. The molecule has 3 heterocycles. The second kappa shape index (κ2) is 4.53. The van der Waals surface area contributed by atoms with E-state index in [9.17, 15) is 8.42 Å². The second-order valence-corrected chi connectivity index (χ2v) is 9.51. The number of sulfone groups is 1. The first-order valence-electron chi connectivity index (χ1n) is 6.74. The van der Waals surface area contributed by atoms with Crippen LogP contribution in [-0.2, 0) is 16.3 Å². The predicted octanol–water partition coefficient (Wildman–Crippen LogP) is 1.33. The zero-order valence-corrected chi connectivity index (χ0v) is 13.0. The number of thiazole rings is 1. The van der Waals surface area contributed by atoms with Crippen molar-refractivity contribution >= 4 is 21.2 Å². The van der Waals surface area contributed by atoms with Gasteiger partial charge in [0.1, 0.15) is 0 Å². The summed E-state index contributed by atoms with van der Waals surface area (Å²) in [4.78, 5) is 5.90. The van der Waals surface area contributed by atoms with Crippen LogP contribution in [0.5, 0.6) is 0 Å². The monoisotopic (exact) mass is 300 g/mol. The highest BCUT2D eigenvalue weighted by atomic mass is 32.2. The number of nitrogens with one attached hydrogen (secondary N) is 1. The van der Waals surface area contributed by atoms with Crippen molar-refractivity contribution in [3.8, 4) is 0 Å². The molecule has 2 fully saturated rings. The lowest BCUT2D eigenvalue weighted by Crippen LogP contribution is -2.59. The maximum Gasteiger partial charge on any atom is 0.150 e. The highest BCUT2D eigenvalue weighted by molar-refractivity contribution is 7.91. The van der Waals surface area contributed by atoms with Gasteiger partial charge in [-0.25, -0.2) is 13.4 Å². The van der Waals surface area contributed by atoms with E-state index in [1.54, 1.807) is 11.3 Å². The van der Waals surface area contributed by atoms with Crippen molar-refractivity contribution in [3.63, 3.8) is 0 Å². The normalized spacial score (nSPS) is 28.2. The molecule has 0 aliphatic carbocycles. The maximum atomic E-state index is 11.7. The number of hydrogen-bond acceptors (Lipinski definition) is 5. The van der Waals surface area contributed by atoms with Gasteiger partial charge < -0.3 is 5.32 Å². The summed E-state index contributed by atoms with van der Waals surface area (Å²) in [5.41, 5.74) is 1.24. The van der Waals surface area contributed by atoms with Gasteiger partial charge in [0.05, 0.1) is 22.2 Å². The lowest BCUT2D eigenvalue weighted by Gasteiger charge is -2.46. The van der Waals surface area contributed by atoms with Crippen LogP contribution in [0, 0.1) is 25.2 Å². The van der Waals surface area contributed by atoms with Crippen LogP contribution in [0.15, 0.2) is 0 Å². The fraction of sp³-hybridized carbons (Fsp3) is 0.769. The fourth-order valence-electron chi connectivity index (χ4n) is 3.20. The van der Waals surface area contributed by atoms with E-state index >= 15 is 0 Å². The first-order valence-corrected chi connectivity index (χ1v) is 9.38. The first-order chi connectivity index (χ1) is 8.90. The molecule has 2 saturated heterocycles. The van der Waals surface area contributed by atoms with Gasteiger partial charge in [0, 0.05) is 29.8 Å². The molecule has 2 aliphatic rings. The molecule has 0 spiro atoms. The van der Waals surface area contributed by atoms with E-state index in [1.165, 1.54) is 9.88 Å². The molecule has 1 unspecified atom stereocenters. The minimum Gasteiger partial charge on any atom is -0.315 e. The van der Waals surface area contributed by atoms with Crippen LogP contribution in [-0.4, -0.2) is 38.0 Å². The zero-order valence-electron chi connectivity index (χ0n) is 11.4. The van der Waals surface area contributed by atoms with Crippen molar-refractivity contribution in [1.29, 1.82) is 0 Å². The summed E-state index contributed by atoms with van der Waals surface area (Å²) >= 11 is 1.76. The molecule has 3 rings (SSSR count). The van der Waals surface area contributed by atoms with E-state index in [0.29, 0.717) is 17.4 Å². The third-order valence-corrected chi connectivity index (χ3v) is 7.47. The van der Waals surface area contributed by atoms with Gasteiger partial charge in [-0.05, 0) is 26.2 Å².